The molecule has 2 N–H and O–H groups in total. The fourth-order valence-corrected chi connectivity index (χ4v) is 3.61. The minimum atomic E-state index is 0.154. The number of nitrogens with zero attached hydrogens (tertiary/aromatic N) is 3. The lowest BCUT2D eigenvalue weighted by Crippen LogP contribution is -2.08. The fourth-order valence-electron chi connectivity index (χ4n) is 3.61. The van der Waals surface area contributed by atoms with E-state index in [1.54, 1.807) is 0 Å². The number of aromatic nitrogens is 1. The van der Waals surface area contributed by atoms with Gasteiger partial charge in [0.2, 0.25) is 0 Å². The number of aromatic amines is 1. The van der Waals surface area contributed by atoms with Crippen LogP contribution < -0.4 is 15.3 Å². The van der Waals surface area contributed by atoms with Gasteiger partial charge in [0.15, 0.2) is 5.88 Å². The number of hydrogen-bond acceptors (Lipinski definition) is 4. The van der Waals surface area contributed by atoms with Crippen molar-refractivity contribution in [2.45, 2.75) is 0 Å². The number of fused-ring (bicyclic) bond motifs is 2. The summed E-state index contributed by atoms with van der Waals surface area (Å²) in [5, 5.41) is 21.7. The molecule has 0 amide bonds. The summed E-state index contributed by atoms with van der Waals surface area (Å²) in [7, 11) is 4.02. The number of nitrogens with one attached hydrogen (secondary N) is 1. The van der Waals surface area contributed by atoms with Crippen molar-refractivity contribution in [1.29, 1.82) is 0 Å². The van der Waals surface area contributed by atoms with Crippen LogP contribution in [-0.4, -0.2) is 24.2 Å². The van der Waals surface area contributed by atoms with Crippen LogP contribution in [0.15, 0.2) is 77.0 Å². The number of azo groups is 1. The molecule has 0 radical (unpaired) electrons. The summed E-state index contributed by atoms with van der Waals surface area (Å²) in [4.78, 5) is 5.06. The molecule has 5 nitrogen and oxygen atoms in total. The Bertz CT molecular complexity index is 1510. The Balaban J connectivity index is 1.51. The Morgan fingerprint density at radius 1 is 0.935 bits per heavy atom. The van der Waals surface area contributed by atoms with Crippen molar-refractivity contribution in [3.05, 3.63) is 88.3 Å². The van der Waals surface area contributed by atoms with Crippen LogP contribution in [0.4, 0.5) is 11.4 Å². The van der Waals surface area contributed by atoms with E-state index in [0.717, 1.165) is 43.8 Å². The average molecular weight is 404 g/mol. The lowest BCUT2D eigenvalue weighted by atomic mass is 10.1. The smallest absolute Gasteiger partial charge is 0.196 e. The van der Waals surface area contributed by atoms with Crippen molar-refractivity contribution in [2.24, 2.45) is 10.2 Å². The third kappa shape index (κ3) is 3.56. The van der Waals surface area contributed by atoms with Gasteiger partial charge in [-0.3, -0.25) is 0 Å². The van der Waals surface area contributed by atoms with Gasteiger partial charge >= 0.3 is 0 Å². The first kappa shape index (κ1) is 18.7. The Labute approximate surface area is 179 Å². The van der Waals surface area contributed by atoms with Crippen LogP contribution in [0.3, 0.4) is 0 Å². The zero-order valence-corrected chi connectivity index (χ0v) is 17.2. The van der Waals surface area contributed by atoms with Gasteiger partial charge in [-0.25, -0.2) is 0 Å². The van der Waals surface area contributed by atoms with Crippen molar-refractivity contribution in [1.82, 2.24) is 4.98 Å². The Hall–Kier alpha value is -4.30. The zero-order valence-electron chi connectivity index (χ0n) is 17.2. The number of rotatable bonds is 2. The number of benzene rings is 3. The fraction of sp³-hybridized carbons (Fsp3) is 0.0769. The molecular weight excluding hydrogens is 384 g/mol. The van der Waals surface area contributed by atoms with Gasteiger partial charge in [-0.1, -0.05) is 30.2 Å². The molecule has 0 atom stereocenters. The van der Waals surface area contributed by atoms with E-state index in [1.807, 2.05) is 86.9 Å². The van der Waals surface area contributed by atoms with E-state index >= 15 is 0 Å². The molecule has 4 aromatic rings. The molecule has 31 heavy (non-hydrogen) atoms. The Morgan fingerprint density at radius 2 is 1.74 bits per heavy atom. The molecule has 2 heterocycles. The molecule has 0 bridgehead atoms. The van der Waals surface area contributed by atoms with Crippen LogP contribution in [0.25, 0.3) is 22.7 Å². The van der Waals surface area contributed by atoms with E-state index < -0.39 is 0 Å². The number of anilines is 1. The summed E-state index contributed by atoms with van der Waals surface area (Å²) in [6, 6.07) is 21.8. The minimum Gasteiger partial charge on any atom is -0.494 e. The molecule has 1 aliphatic rings. The molecule has 0 fully saturated rings. The highest BCUT2D eigenvalue weighted by molar-refractivity contribution is 5.91. The standard InChI is InChI=1S/C26H20N4O/c1-30(2)19-11-7-17(8-12-19)10-14-24-21-13-9-18(16-25(21)29-28-24)15-22-20-5-3-4-6-23(20)27-26(22)31/h3-9,11-13,15-16,27,31H,1-2H3. The summed E-state index contributed by atoms with van der Waals surface area (Å²) in [5.41, 5.74) is 5.16. The van der Waals surface area contributed by atoms with Gasteiger partial charge in [0, 0.05) is 47.0 Å². The zero-order chi connectivity index (χ0) is 21.4. The predicted octanol–water partition coefficient (Wildman–Crippen LogP) is 4.03. The van der Waals surface area contributed by atoms with Crippen LogP contribution in [-0.2, 0) is 0 Å². The largest absolute Gasteiger partial charge is 0.494 e. The van der Waals surface area contributed by atoms with Crippen molar-refractivity contribution < 1.29 is 5.11 Å². The van der Waals surface area contributed by atoms with Crippen LogP contribution in [0.5, 0.6) is 5.88 Å². The second kappa shape index (κ2) is 7.51. The molecule has 0 unspecified atom stereocenters. The third-order valence-electron chi connectivity index (χ3n) is 5.28. The summed E-state index contributed by atoms with van der Waals surface area (Å²) in [6.45, 7) is 0. The normalized spacial score (nSPS) is 12.7. The summed E-state index contributed by atoms with van der Waals surface area (Å²) < 4.78 is 0. The van der Waals surface area contributed by atoms with E-state index in [-0.39, 0.29) is 5.88 Å². The molecule has 5 heteroatoms. The van der Waals surface area contributed by atoms with Crippen LogP contribution in [0.2, 0.25) is 0 Å². The van der Waals surface area contributed by atoms with E-state index in [0.29, 0.717) is 5.70 Å². The van der Waals surface area contributed by atoms with Gasteiger partial charge < -0.3 is 15.0 Å². The molecule has 0 aliphatic carbocycles. The summed E-state index contributed by atoms with van der Waals surface area (Å²) in [5.74, 6) is 6.46. The molecule has 3 aromatic carbocycles. The minimum absolute atomic E-state index is 0.154. The molecule has 5 rings (SSSR count). The maximum Gasteiger partial charge on any atom is 0.196 e. The third-order valence-corrected chi connectivity index (χ3v) is 5.28. The molecule has 150 valence electrons. The van der Waals surface area contributed by atoms with Gasteiger partial charge in [0.25, 0.3) is 0 Å². The summed E-state index contributed by atoms with van der Waals surface area (Å²) in [6.07, 6.45) is 1.94. The number of H-pyrrole nitrogens is 1. The van der Waals surface area contributed by atoms with E-state index in [2.05, 4.69) is 32.0 Å². The second-order valence-corrected chi connectivity index (χ2v) is 7.59. The van der Waals surface area contributed by atoms with Crippen molar-refractivity contribution in [3.8, 4) is 17.7 Å². The van der Waals surface area contributed by atoms with Gasteiger partial charge in [-0.2, -0.15) is 0 Å². The van der Waals surface area contributed by atoms with E-state index in [9.17, 15) is 5.11 Å². The van der Waals surface area contributed by atoms with Crippen molar-refractivity contribution in [2.75, 3.05) is 19.0 Å². The SMILES string of the molecule is CN(C)c1ccc(C#CC2=c3ccc(=Cc4c(O)[nH]c5ccccc45)cc3N=N2)cc1. The van der Waals surface area contributed by atoms with Gasteiger partial charge in [0.1, 0.15) is 5.70 Å². The lowest BCUT2D eigenvalue weighted by Gasteiger charge is -2.11. The lowest BCUT2D eigenvalue weighted by molar-refractivity contribution is 0.457. The first-order chi connectivity index (χ1) is 15.1. The van der Waals surface area contributed by atoms with Crippen molar-refractivity contribution in [3.63, 3.8) is 0 Å². The Morgan fingerprint density at radius 3 is 2.55 bits per heavy atom. The topological polar surface area (TPSA) is 64.0 Å². The Kier molecular flexibility index (Phi) is 4.53. The highest BCUT2D eigenvalue weighted by Gasteiger charge is 2.09. The van der Waals surface area contributed by atoms with E-state index in [1.165, 1.54) is 0 Å². The van der Waals surface area contributed by atoms with Gasteiger partial charge in [-0.05, 0) is 59.7 Å². The van der Waals surface area contributed by atoms with Crippen LogP contribution >= 0.6 is 0 Å². The van der Waals surface area contributed by atoms with Crippen molar-refractivity contribution >= 4 is 34.1 Å². The van der Waals surface area contributed by atoms with Crippen LogP contribution in [0, 0.1) is 11.8 Å². The molecule has 0 saturated carbocycles. The quantitative estimate of drug-likeness (QED) is 0.496. The highest BCUT2D eigenvalue weighted by atomic mass is 16.3. The monoisotopic (exact) mass is 404 g/mol. The highest BCUT2D eigenvalue weighted by Crippen LogP contribution is 2.27. The first-order valence-corrected chi connectivity index (χ1v) is 9.95. The molecule has 1 aromatic heterocycles. The maximum absolute atomic E-state index is 10.3. The molecule has 0 spiro atoms. The van der Waals surface area contributed by atoms with Gasteiger partial charge in [-0.15, -0.1) is 10.2 Å². The van der Waals surface area contributed by atoms with E-state index in [4.69, 9.17) is 0 Å². The van der Waals surface area contributed by atoms with Crippen LogP contribution in [0.1, 0.15) is 11.1 Å². The number of hydrogen-bond donors (Lipinski definition) is 2. The van der Waals surface area contributed by atoms with Gasteiger partial charge in [0.05, 0.1) is 5.69 Å². The predicted molar refractivity (Wildman–Crippen MR) is 125 cm³/mol. The first-order valence-electron chi connectivity index (χ1n) is 9.95. The average Bonchev–Trinajstić information content (AvgIpc) is 3.33. The number of para-hydroxylation sites is 1. The molecule has 1 aliphatic heterocycles. The molecular formula is C26H20N4O. The maximum atomic E-state index is 10.3. The summed E-state index contributed by atoms with van der Waals surface area (Å²) >= 11 is 0. The number of aromatic hydroxyl groups is 1. The molecule has 0 saturated heterocycles. The second-order valence-electron chi connectivity index (χ2n) is 7.59.